The van der Waals surface area contributed by atoms with E-state index in [1.165, 1.54) is 16.7 Å². The molecule has 1 heterocycles. The van der Waals surface area contributed by atoms with Gasteiger partial charge in [-0.2, -0.15) is 0 Å². The summed E-state index contributed by atoms with van der Waals surface area (Å²) in [6, 6.07) is 4.33. The molecule has 1 aromatic heterocycles. The lowest BCUT2D eigenvalue weighted by atomic mass is 10.3. The van der Waals surface area contributed by atoms with Crippen molar-refractivity contribution in [3.8, 4) is 0 Å². The Balaban J connectivity index is 2.04. The average Bonchev–Trinajstić information content (AvgIpc) is 2.77. The van der Waals surface area contributed by atoms with E-state index in [1.54, 1.807) is 20.2 Å². The molecule has 0 aliphatic heterocycles. The number of nitrogens with zero attached hydrogens (tertiary/aromatic N) is 1. The number of hydrogen-bond donors (Lipinski definition) is 2. The van der Waals surface area contributed by atoms with Gasteiger partial charge >= 0.3 is 5.76 Å². The number of hydrogen-bond acceptors (Lipinski definition) is 6. The Morgan fingerprint density at radius 2 is 2.05 bits per heavy atom. The zero-order valence-electron chi connectivity index (χ0n) is 12.5. The first-order valence-corrected chi connectivity index (χ1v) is 8.23. The highest BCUT2D eigenvalue weighted by Gasteiger charge is 2.16. The number of fused-ring (bicyclic) bond motifs is 1. The van der Waals surface area contributed by atoms with E-state index in [9.17, 15) is 13.2 Å². The van der Waals surface area contributed by atoms with Crippen molar-refractivity contribution < 1.29 is 17.6 Å². The first kappa shape index (κ1) is 16.7. The Morgan fingerprint density at radius 3 is 2.77 bits per heavy atom. The molecular formula is C13H19N3O5S. The fraction of sp³-hybridized carbons (Fsp3) is 0.462. The van der Waals surface area contributed by atoms with Crippen molar-refractivity contribution in [2.45, 2.75) is 4.90 Å². The van der Waals surface area contributed by atoms with Crippen LogP contribution in [0.15, 0.2) is 32.3 Å². The summed E-state index contributed by atoms with van der Waals surface area (Å²) in [5.41, 5.74) is 0.791. The van der Waals surface area contributed by atoms with Gasteiger partial charge in [-0.05, 0) is 12.1 Å². The van der Waals surface area contributed by atoms with Crippen LogP contribution in [0.5, 0.6) is 0 Å². The van der Waals surface area contributed by atoms with Gasteiger partial charge in [0.1, 0.15) is 0 Å². The molecule has 0 unspecified atom stereocenters. The molecule has 0 spiro atoms. The molecule has 0 saturated heterocycles. The normalized spacial score (nSPS) is 12.1. The lowest BCUT2D eigenvalue weighted by Crippen LogP contribution is -2.33. The van der Waals surface area contributed by atoms with Crippen LogP contribution in [0.2, 0.25) is 0 Å². The van der Waals surface area contributed by atoms with Crippen LogP contribution in [0.3, 0.4) is 0 Å². The van der Waals surface area contributed by atoms with Crippen LogP contribution < -0.4 is 15.8 Å². The van der Waals surface area contributed by atoms with Gasteiger partial charge in [0.05, 0.1) is 17.0 Å². The Labute approximate surface area is 128 Å². The number of sulfonamides is 1. The van der Waals surface area contributed by atoms with Gasteiger partial charge in [-0.15, -0.1) is 0 Å². The second-order valence-electron chi connectivity index (χ2n) is 4.70. The van der Waals surface area contributed by atoms with E-state index >= 15 is 0 Å². The van der Waals surface area contributed by atoms with E-state index in [4.69, 9.17) is 9.15 Å². The molecule has 8 nitrogen and oxygen atoms in total. The van der Waals surface area contributed by atoms with E-state index in [2.05, 4.69) is 10.0 Å². The maximum Gasteiger partial charge on any atom is 0.419 e. The third-order valence-corrected chi connectivity index (χ3v) is 4.61. The van der Waals surface area contributed by atoms with Gasteiger partial charge in [-0.3, -0.25) is 4.57 Å². The SMILES string of the molecule is COCCNCCNS(=O)(=O)c1ccc2c(c1)oc(=O)n2C. The minimum Gasteiger partial charge on any atom is -0.408 e. The number of aryl methyl sites for hydroxylation is 1. The molecule has 1 aromatic carbocycles. The number of aromatic nitrogens is 1. The number of rotatable bonds is 8. The van der Waals surface area contributed by atoms with Crippen LogP contribution in [0.1, 0.15) is 0 Å². The second-order valence-corrected chi connectivity index (χ2v) is 6.46. The highest BCUT2D eigenvalue weighted by molar-refractivity contribution is 7.89. The van der Waals surface area contributed by atoms with Gasteiger partial charge in [0.15, 0.2) is 5.58 Å². The lowest BCUT2D eigenvalue weighted by molar-refractivity contribution is 0.199. The van der Waals surface area contributed by atoms with Gasteiger partial charge in [-0.25, -0.2) is 17.9 Å². The number of nitrogens with one attached hydrogen (secondary N) is 2. The minimum atomic E-state index is -3.64. The molecule has 9 heteroatoms. The maximum absolute atomic E-state index is 12.2. The fourth-order valence-electron chi connectivity index (χ4n) is 1.94. The summed E-state index contributed by atoms with van der Waals surface area (Å²) >= 11 is 0. The predicted octanol–water partition coefficient (Wildman–Crippen LogP) is -0.354. The van der Waals surface area contributed by atoms with Crippen LogP contribution in [0.25, 0.3) is 11.1 Å². The Morgan fingerprint density at radius 1 is 1.27 bits per heavy atom. The summed E-state index contributed by atoms with van der Waals surface area (Å²) in [6.07, 6.45) is 0. The molecule has 2 rings (SSSR count). The van der Waals surface area contributed by atoms with Gasteiger partial charge in [0, 0.05) is 39.9 Å². The number of oxazole rings is 1. The van der Waals surface area contributed by atoms with Crippen LogP contribution in [0, 0.1) is 0 Å². The largest absolute Gasteiger partial charge is 0.419 e. The first-order chi connectivity index (χ1) is 10.5. The number of benzene rings is 1. The van der Waals surface area contributed by atoms with Crippen LogP contribution in [0.4, 0.5) is 0 Å². The quantitative estimate of drug-likeness (QED) is 0.642. The lowest BCUT2D eigenvalue weighted by Gasteiger charge is -2.07. The molecule has 2 N–H and O–H groups in total. The predicted molar refractivity (Wildman–Crippen MR) is 81.4 cm³/mol. The molecule has 0 amide bonds. The molecular weight excluding hydrogens is 310 g/mol. The van der Waals surface area contributed by atoms with Gasteiger partial charge < -0.3 is 14.5 Å². The van der Waals surface area contributed by atoms with Crippen molar-refractivity contribution in [2.75, 3.05) is 33.4 Å². The summed E-state index contributed by atoms with van der Waals surface area (Å²) in [7, 11) is -0.479. The monoisotopic (exact) mass is 329 g/mol. The molecule has 22 heavy (non-hydrogen) atoms. The number of ether oxygens (including phenoxy) is 1. The highest BCUT2D eigenvalue weighted by Crippen LogP contribution is 2.17. The van der Waals surface area contributed by atoms with Gasteiger partial charge in [-0.1, -0.05) is 0 Å². The fourth-order valence-corrected chi connectivity index (χ4v) is 2.98. The van der Waals surface area contributed by atoms with Crippen LogP contribution >= 0.6 is 0 Å². The molecule has 0 fully saturated rings. The molecule has 0 bridgehead atoms. The van der Waals surface area contributed by atoms with Crippen molar-refractivity contribution in [1.82, 2.24) is 14.6 Å². The van der Waals surface area contributed by atoms with Crippen molar-refractivity contribution in [3.63, 3.8) is 0 Å². The molecule has 2 aromatic rings. The molecule has 0 atom stereocenters. The maximum atomic E-state index is 12.2. The standard InChI is InChI=1S/C13H19N3O5S/c1-16-11-4-3-10(9-12(11)21-13(16)17)22(18,19)15-6-5-14-7-8-20-2/h3-4,9,14-15H,5-8H2,1-2H3. The Bertz CT molecular complexity index is 794. The third kappa shape index (κ3) is 3.74. The molecule has 0 saturated carbocycles. The summed E-state index contributed by atoms with van der Waals surface area (Å²) in [6.45, 7) is 1.96. The molecule has 0 aliphatic rings. The third-order valence-electron chi connectivity index (χ3n) is 3.15. The van der Waals surface area contributed by atoms with Gasteiger partial charge in [0.2, 0.25) is 10.0 Å². The minimum absolute atomic E-state index is 0.0613. The molecule has 0 radical (unpaired) electrons. The van der Waals surface area contributed by atoms with E-state index in [-0.39, 0.29) is 17.0 Å². The van der Waals surface area contributed by atoms with Crippen molar-refractivity contribution in [1.29, 1.82) is 0 Å². The summed E-state index contributed by atoms with van der Waals surface area (Å²) in [5.74, 6) is -0.528. The van der Waals surface area contributed by atoms with E-state index in [0.29, 0.717) is 25.2 Å². The van der Waals surface area contributed by atoms with Crippen LogP contribution in [-0.4, -0.2) is 46.3 Å². The van der Waals surface area contributed by atoms with Gasteiger partial charge in [0.25, 0.3) is 0 Å². The van der Waals surface area contributed by atoms with E-state index < -0.39 is 15.8 Å². The van der Waals surface area contributed by atoms with Crippen molar-refractivity contribution >= 4 is 21.1 Å². The Kier molecular flexibility index (Phi) is 5.35. The second kappa shape index (κ2) is 7.05. The number of methoxy groups -OCH3 is 1. The smallest absolute Gasteiger partial charge is 0.408 e. The topological polar surface area (TPSA) is 103 Å². The summed E-state index contributed by atoms with van der Waals surface area (Å²) in [5, 5.41) is 3.04. The highest BCUT2D eigenvalue weighted by atomic mass is 32.2. The van der Waals surface area contributed by atoms with E-state index in [0.717, 1.165) is 0 Å². The zero-order chi connectivity index (χ0) is 16.2. The van der Waals surface area contributed by atoms with Crippen molar-refractivity contribution in [2.24, 2.45) is 7.05 Å². The van der Waals surface area contributed by atoms with Crippen molar-refractivity contribution in [3.05, 3.63) is 28.7 Å². The van der Waals surface area contributed by atoms with E-state index in [1.807, 2.05) is 0 Å². The van der Waals surface area contributed by atoms with Crippen LogP contribution in [-0.2, 0) is 21.8 Å². The zero-order valence-corrected chi connectivity index (χ0v) is 13.3. The summed E-state index contributed by atoms with van der Waals surface area (Å²) < 4.78 is 38.0. The average molecular weight is 329 g/mol. The first-order valence-electron chi connectivity index (χ1n) is 6.74. The molecule has 0 aliphatic carbocycles. The summed E-state index contributed by atoms with van der Waals surface area (Å²) in [4.78, 5) is 11.5. The molecule has 122 valence electrons. The Hall–Kier alpha value is -1.68.